The number of halogens is 1. The van der Waals surface area contributed by atoms with E-state index in [1.165, 1.54) is 0 Å². The van der Waals surface area contributed by atoms with Gasteiger partial charge in [-0.05, 0) is 31.9 Å². The van der Waals surface area contributed by atoms with E-state index in [2.05, 4.69) is 5.32 Å². The summed E-state index contributed by atoms with van der Waals surface area (Å²) in [6.45, 7) is 3.30. The molecule has 1 unspecified atom stereocenters. The lowest BCUT2D eigenvalue weighted by molar-refractivity contribution is -0.122. The molecule has 1 aliphatic rings. The standard InChI is InChI=1S/C13H16ClNO2/c1-2-17-12-5-3-4-11(14)10(12)8-9-6-7-15-13(9)16/h3-5,9H,2,6-8H2,1H3,(H,15,16). The fourth-order valence-corrected chi connectivity index (χ4v) is 2.36. The van der Waals surface area contributed by atoms with Gasteiger partial charge in [0.15, 0.2) is 0 Å². The Morgan fingerprint density at radius 2 is 2.35 bits per heavy atom. The molecule has 1 aromatic carbocycles. The Bertz CT molecular complexity index is 420. The number of rotatable bonds is 4. The highest BCUT2D eigenvalue weighted by molar-refractivity contribution is 6.31. The minimum absolute atomic E-state index is 0.0223. The average molecular weight is 254 g/mol. The van der Waals surface area contributed by atoms with Crippen molar-refractivity contribution in [3.63, 3.8) is 0 Å². The number of nitrogens with one attached hydrogen (secondary N) is 1. The third kappa shape index (κ3) is 2.72. The first-order valence-corrected chi connectivity index (χ1v) is 6.28. The van der Waals surface area contributed by atoms with Crippen molar-refractivity contribution in [1.29, 1.82) is 0 Å². The van der Waals surface area contributed by atoms with Crippen LogP contribution in [-0.2, 0) is 11.2 Å². The van der Waals surface area contributed by atoms with Crippen molar-refractivity contribution >= 4 is 17.5 Å². The second-order valence-corrected chi connectivity index (χ2v) is 4.54. The van der Waals surface area contributed by atoms with Gasteiger partial charge >= 0.3 is 0 Å². The molecular formula is C13H16ClNO2. The van der Waals surface area contributed by atoms with E-state index in [1.54, 1.807) is 0 Å². The molecule has 17 heavy (non-hydrogen) atoms. The van der Waals surface area contributed by atoms with Gasteiger partial charge in [0.25, 0.3) is 0 Å². The van der Waals surface area contributed by atoms with Crippen LogP contribution in [0.1, 0.15) is 18.9 Å². The number of benzene rings is 1. The predicted molar refractivity (Wildman–Crippen MR) is 67.4 cm³/mol. The zero-order valence-electron chi connectivity index (χ0n) is 9.83. The largest absolute Gasteiger partial charge is 0.494 e. The van der Waals surface area contributed by atoms with E-state index < -0.39 is 0 Å². The van der Waals surface area contributed by atoms with Gasteiger partial charge in [0.05, 0.1) is 6.61 Å². The first kappa shape index (κ1) is 12.2. The van der Waals surface area contributed by atoms with Crippen LogP contribution in [0, 0.1) is 5.92 Å². The topological polar surface area (TPSA) is 38.3 Å². The molecule has 1 amide bonds. The van der Waals surface area contributed by atoms with Crippen LogP contribution in [0.15, 0.2) is 18.2 Å². The van der Waals surface area contributed by atoms with Gasteiger partial charge in [0.1, 0.15) is 5.75 Å². The molecule has 1 saturated heterocycles. The van der Waals surface area contributed by atoms with E-state index in [1.807, 2.05) is 25.1 Å². The lowest BCUT2D eigenvalue weighted by atomic mass is 9.97. The first-order chi connectivity index (χ1) is 8.22. The summed E-state index contributed by atoms with van der Waals surface area (Å²) in [4.78, 5) is 11.6. The molecule has 0 aromatic heterocycles. The molecular weight excluding hydrogens is 238 g/mol. The maximum absolute atomic E-state index is 11.6. The van der Waals surface area contributed by atoms with E-state index >= 15 is 0 Å². The Hall–Kier alpha value is -1.22. The quantitative estimate of drug-likeness (QED) is 0.895. The molecule has 1 N–H and O–H groups in total. The molecule has 0 spiro atoms. The molecule has 1 aliphatic heterocycles. The van der Waals surface area contributed by atoms with E-state index in [0.29, 0.717) is 18.1 Å². The smallest absolute Gasteiger partial charge is 0.223 e. The summed E-state index contributed by atoms with van der Waals surface area (Å²) in [5.74, 6) is 0.932. The molecule has 1 heterocycles. The van der Waals surface area contributed by atoms with E-state index in [0.717, 1.165) is 24.3 Å². The lowest BCUT2D eigenvalue weighted by Crippen LogP contribution is -2.20. The molecule has 2 rings (SSSR count). The fourth-order valence-electron chi connectivity index (χ4n) is 2.11. The Balaban J connectivity index is 2.21. The second kappa shape index (κ2) is 5.41. The highest BCUT2D eigenvalue weighted by atomic mass is 35.5. The van der Waals surface area contributed by atoms with Crippen LogP contribution in [0.5, 0.6) is 5.75 Å². The Labute approximate surface area is 106 Å². The average Bonchev–Trinajstić information content (AvgIpc) is 2.70. The third-order valence-corrected chi connectivity index (χ3v) is 3.34. The van der Waals surface area contributed by atoms with E-state index in [4.69, 9.17) is 16.3 Å². The summed E-state index contributed by atoms with van der Waals surface area (Å²) in [5, 5.41) is 3.51. The molecule has 0 aliphatic carbocycles. The summed E-state index contributed by atoms with van der Waals surface area (Å²) in [7, 11) is 0. The highest BCUT2D eigenvalue weighted by Crippen LogP contribution is 2.30. The van der Waals surface area contributed by atoms with Crippen LogP contribution in [0.2, 0.25) is 5.02 Å². The minimum Gasteiger partial charge on any atom is -0.494 e. The number of amides is 1. The van der Waals surface area contributed by atoms with Crippen LogP contribution in [0.3, 0.4) is 0 Å². The van der Waals surface area contributed by atoms with Crippen molar-refractivity contribution in [2.45, 2.75) is 19.8 Å². The summed E-state index contributed by atoms with van der Waals surface area (Å²) in [5.41, 5.74) is 0.943. The molecule has 0 saturated carbocycles. The van der Waals surface area contributed by atoms with Gasteiger partial charge in [0.2, 0.25) is 5.91 Å². The van der Waals surface area contributed by atoms with Crippen LogP contribution in [0.4, 0.5) is 0 Å². The number of hydrogen-bond acceptors (Lipinski definition) is 2. The zero-order chi connectivity index (χ0) is 12.3. The monoisotopic (exact) mass is 253 g/mol. The Morgan fingerprint density at radius 3 is 3.00 bits per heavy atom. The third-order valence-electron chi connectivity index (χ3n) is 2.99. The van der Waals surface area contributed by atoms with Crippen LogP contribution >= 0.6 is 11.6 Å². The molecule has 1 atom stereocenters. The summed E-state index contributed by atoms with van der Waals surface area (Å²) >= 11 is 6.18. The summed E-state index contributed by atoms with van der Waals surface area (Å²) in [6.07, 6.45) is 1.52. The number of carbonyl (C=O) groups is 1. The summed E-state index contributed by atoms with van der Waals surface area (Å²) < 4.78 is 5.55. The van der Waals surface area contributed by atoms with Gasteiger partial charge in [0, 0.05) is 23.0 Å². The molecule has 0 radical (unpaired) electrons. The van der Waals surface area contributed by atoms with Gasteiger partial charge in [-0.15, -0.1) is 0 Å². The van der Waals surface area contributed by atoms with Crippen molar-refractivity contribution in [3.8, 4) is 5.75 Å². The Morgan fingerprint density at radius 1 is 1.53 bits per heavy atom. The molecule has 1 fully saturated rings. The van der Waals surface area contributed by atoms with Crippen molar-refractivity contribution in [2.75, 3.05) is 13.2 Å². The molecule has 92 valence electrons. The van der Waals surface area contributed by atoms with E-state index in [9.17, 15) is 4.79 Å². The van der Waals surface area contributed by atoms with Crippen molar-refractivity contribution in [3.05, 3.63) is 28.8 Å². The highest BCUT2D eigenvalue weighted by Gasteiger charge is 2.26. The maximum atomic E-state index is 11.6. The van der Waals surface area contributed by atoms with Gasteiger partial charge < -0.3 is 10.1 Å². The predicted octanol–water partition coefficient (Wildman–Crippen LogP) is 2.42. The van der Waals surface area contributed by atoms with E-state index in [-0.39, 0.29) is 11.8 Å². The molecule has 3 nitrogen and oxygen atoms in total. The lowest BCUT2D eigenvalue weighted by Gasteiger charge is -2.14. The first-order valence-electron chi connectivity index (χ1n) is 5.90. The van der Waals surface area contributed by atoms with Gasteiger partial charge in [-0.1, -0.05) is 17.7 Å². The minimum atomic E-state index is 0.0223. The molecule has 4 heteroatoms. The zero-order valence-corrected chi connectivity index (χ0v) is 10.6. The van der Waals surface area contributed by atoms with Crippen molar-refractivity contribution < 1.29 is 9.53 Å². The summed E-state index contributed by atoms with van der Waals surface area (Å²) in [6, 6.07) is 5.61. The van der Waals surface area contributed by atoms with Crippen molar-refractivity contribution in [2.24, 2.45) is 5.92 Å². The molecule has 0 bridgehead atoms. The number of carbonyl (C=O) groups excluding carboxylic acids is 1. The van der Waals surface area contributed by atoms with Crippen molar-refractivity contribution in [1.82, 2.24) is 5.32 Å². The van der Waals surface area contributed by atoms with Crippen LogP contribution in [0.25, 0.3) is 0 Å². The van der Waals surface area contributed by atoms with Crippen LogP contribution < -0.4 is 10.1 Å². The SMILES string of the molecule is CCOc1cccc(Cl)c1CC1CCNC1=O. The molecule has 1 aromatic rings. The number of hydrogen-bond donors (Lipinski definition) is 1. The second-order valence-electron chi connectivity index (χ2n) is 4.13. The maximum Gasteiger partial charge on any atom is 0.223 e. The van der Waals surface area contributed by atoms with Gasteiger partial charge in [-0.3, -0.25) is 4.79 Å². The fraction of sp³-hybridized carbons (Fsp3) is 0.462. The normalized spacial score (nSPS) is 19.2. The van der Waals surface area contributed by atoms with Gasteiger partial charge in [-0.2, -0.15) is 0 Å². The number of ether oxygens (including phenoxy) is 1. The Kier molecular flexibility index (Phi) is 3.89. The van der Waals surface area contributed by atoms with Crippen LogP contribution in [-0.4, -0.2) is 19.1 Å². The van der Waals surface area contributed by atoms with Gasteiger partial charge in [-0.25, -0.2) is 0 Å².